The molecule has 6 heteroatoms. The zero-order valence-electron chi connectivity index (χ0n) is 13.3. The average molecular weight is 382 g/mol. The number of H-pyrrole nitrogens is 2. The van der Waals surface area contributed by atoms with Gasteiger partial charge in [0.25, 0.3) is 0 Å². The van der Waals surface area contributed by atoms with E-state index in [-0.39, 0.29) is 0 Å². The van der Waals surface area contributed by atoms with Gasteiger partial charge in [0.1, 0.15) is 17.2 Å². The number of nitrogens with zero attached hydrogens (tertiary/aromatic N) is 3. The summed E-state index contributed by atoms with van der Waals surface area (Å²) in [7, 11) is 4.04. The third-order valence-electron chi connectivity index (χ3n) is 3.99. The summed E-state index contributed by atoms with van der Waals surface area (Å²) >= 11 is 3.68. The van der Waals surface area contributed by atoms with Crippen molar-refractivity contribution in [2.75, 3.05) is 19.0 Å². The highest BCUT2D eigenvalue weighted by Gasteiger charge is 2.15. The average Bonchev–Trinajstić information content (AvgIpc) is 3.25. The van der Waals surface area contributed by atoms with Crippen LogP contribution in [0.5, 0.6) is 0 Å². The number of imidazole rings is 2. The molecule has 0 aliphatic carbocycles. The maximum absolute atomic E-state index is 4.83. The highest BCUT2D eigenvalue weighted by molar-refractivity contribution is 9.10. The molecule has 2 aromatic heterocycles. The number of hydrogen-bond acceptors (Lipinski definition) is 3. The van der Waals surface area contributed by atoms with Crippen molar-refractivity contribution in [3.05, 3.63) is 53.3 Å². The second-order valence-corrected chi connectivity index (χ2v) is 6.55. The zero-order valence-corrected chi connectivity index (χ0v) is 14.9. The van der Waals surface area contributed by atoms with E-state index in [9.17, 15) is 0 Å². The second-order valence-electron chi connectivity index (χ2n) is 5.76. The Hall–Kier alpha value is -2.60. The Balaban J connectivity index is 1.91. The molecular weight excluding hydrogens is 366 g/mol. The van der Waals surface area contributed by atoms with Crippen LogP contribution in [0.3, 0.4) is 0 Å². The standard InChI is InChI=1S/C18H16BrN5/c1-24(2)14-8-7-13-16(15(14)19)23-18(22-13)12-6-4-3-5-11(12)17-20-9-10-21-17/h3-10H,1-2H3,(H,20,21)(H,22,23). The van der Waals surface area contributed by atoms with E-state index in [4.69, 9.17) is 4.98 Å². The van der Waals surface area contributed by atoms with E-state index in [2.05, 4.69) is 54.0 Å². The fourth-order valence-electron chi connectivity index (χ4n) is 2.81. The van der Waals surface area contributed by atoms with Crippen LogP contribution in [0.1, 0.15) is 0 Å². The van der Waals surface area contributed by atoms with E-state index < -0.39 is 0 Å². The lowest BCUT2D eigenvalue weighted by Crippen LogP contribution is -2.09. The molecule has 120 valence electrons. The predicted octanol–water partition coefficient (Wildman–Crippen LogP) is 4.45. The highest BCUT2D eigenvalue weighted by atomic mass is 79.9. The second kappa shape index (κ2) is 5.79. The SMILES string of the molecule is CN(C)c1ccc2[nH]c(-c3ccccc3-c3ncc[nH]3)nc2c1Br. The van der Waals surface area contributed by atoms with E-state index in [1.165, 1.54) is 0 Å². The minimum Gasteiger partial charge on any atom is -0.377 e. The first kappa shape index (κ1) is 15.0. The fourth-order valence-corrected chi connectivity index (χ4v) is 3.60. The Kier molecular flexibility index (Phi) is 3.61. The van der Waals surface area contributed by atoms with Crippen LogP contribution in [-0.2, 0) is 0 Å². The van der Waals surface area contributed by atoms with Crippen LogP contribution >= 0.6 is 15.9 Å². The number of hydrogen-bond donors (Lipinski definition) is 2. The van der Waals surface area contributed by atoms with Crippen molar-refractivity contribution in [1.82, 2.24) is 19.9 Å². The first-order valence-corrected chi connectivity index (χ1v) is 8.39. The number of anilines is 1. The molecule has 2 heterocycles. The minimum atomic E-state index is 0.827. The van der Waals surface area contributed by atoms with Gasteiger partial charge in [0.05, 0.1) is 15.7 Å². The quantitative estimate of drug-likeness (QED) is 0.551. The number of halogens is 1. The Morgan fingerprint density at radius 2 is 1.75 bits per heavy atom. The van der Waals surface area contributed by atoms with Gasteiger partial charge in [-0.05, 0) is 28.1 Å². The first-order chi connectivity index (χ1) is 11.6. The van der Waals surface area contributed by atoms with Gasteiger partial charge in [-0.25, -0.2) is 9.97 Å². The molecule has 4 rings (SSSR count). The van der Waals surface area contributed by atoms with Crippen LogP contribution < -0.4 is 4.90 Å². The number of rotatable bonds is 3. The molecule has 24 heavy (non-hydrogen) atoms. The molecule has 0 saturated carbocycles. The van der Waals surface area contributed by atoms with Crippen molar-refractivity contribution in [3.8, 4) is 22.8 Å². The van der Waals surface area contributed by atoms with E-state index in [1.54, 1.807) is 6.20 Å². The highest BCUT2D eigenvalue weighted by Crippen LogP contribution is 2.35. The van der Waals surface area contributed by atoms with Crippen LogP contribution in [0.2, 0.25) is 0 Å². The van der Waals surface area contributed by atoms with Crippen molar-refractivity contribution < 1.29 is 0 Å². The van der Waals surface area contributed by atoms with Gasteiger partial charge in [0.2, 0.25) is 0 Å². The Morgan fingerprint density at radius 3 is 2.42 bits per heavy atom. The molecule has 2 aromatic carbocycles. The van der Waals surface area contributed by atoms with Crippen LogP contribution in [0.4, 0.5) is 5.69 Å². The van der Waals surface area contributed by atoms with Crippen molar-refractivity contribution in [2.24, 2.45) is 0 Å². The Morgan fingerprint density at radius 1 is 1.00 bits per heavy atom. The molecule has 0 aliphatic rings. The predicted molar refractivity (Wildman–Crippen MR) is 101 cm³/mol. The van der Waals surface area contributed by atoms with Crippen LogP contribution in [0, 0.1) is 0 Å². The summed E-state index contributed by atoms with van der Waals surface area (Å²) in [6.07, 6.45) is 3.58. The molecule has 0 amide bonds. The normalized spacial score (nSPS) is 11.1. The monoisotopic (exact) mass is 381 g/mol. The fraction of sp³-hybridized carbons (Fsp3) is 0.111. The number of aromatic amines is 2. The largest absolute Gasteiger partial charge is 0.377 e. The van der Waals surface area contributed by atoms with Gasteiger partial charge in [0.15, 0.2) is 0 Å². The number of fused-ring (bicyclic) bond motifs is 1. The first-order valence-electron chi connectivity index (χ1n) is 7.60. The Bertz CT molecular complexity index is 1000. The molecule has 0 bridgehead atoms. The van der Waals surface area contributed by atoms with Gasteiger partial charge in [0, 0.05) is 37.6 Å². The third-order valence-corrected chi connectivity index (χ3v) is 4.77. The van der Waals surface area contributed by atoms with Crippen LogP contribution in [0.15, 0.2) is 53.3 Å². The zero-order chi connectivity index (χ0) is 16.7. The molecule has 0 unspecified atom stereocenters. The van der Waals surface area contributed by atoms with Crippen LogP contribution in [0.25, 0.3) is 33.8 Å². The van der Waals surface area contributed by atoms with Gasteiger partial charge in [-0.2, -0.15) is 0 Å². The molecule has 0 fully saturated rings. The van der Waals surface area contributed by atoms with Gasteiger partial charge in [-0.1, -0.05) is 24.3 Å². The molecule has 0 aliphatic heterocycles. The number of nitrogens with one attached hydrogen (secondary N) is 2. The molecule has 0 atom stereocenters. The summed E-state index contributed by atoms with van der Waals surface area (Å²) in [6.45, 7) is 0. The Labute approximate surface area is 147 Å². The number of aromatic nitrogens is 4. The minimum absolute atomic E-state index is 0.827. The molecule has 2 N–H and O–H groups in total. The van der Waals surface area contributed by atoms with E-state index in [0.29, 0.717) is 0 Å². The summed E-state index contributed by atoms with van der Waals surface area (Å²) in [5.74, 6) is 1.66. The van der Waals surface area contributed by atoms with Gasteiger partial charge in [-0.3, -0.25) is 0 Å². The smallest absolute Gasteiger partial charge is 0.139 e. The van der Waals surface area contributed by atoms with Gasteiger partial charge in [-0.15, -0.1) is 0 Å². The molecular formula is C18H16BrN5. The van der Waals surface area contributed by atoms with E-state index >= 15 is 0 Å². The summed E-state index contributed by atoms with van der Waals surface area (Å²) < 4.78 is 0.989. The van der Waals surface area contributed by atoms with E-state index in [1.807, 2.05) is 38.5 Å². The summed E-state index contributed by atoms with van der Waals surface area (Å²) in [6, 6.07) is 12.2. The lowest BCUT2D eigenvalue weighted by Gasteiger charge is -2.14. The van der Waals surface area contributed by atoms with Crippen molar-refractivity contribution >= 4 is 32.7 Å². The third kappa shape index (κ3) is 2.39. The molecule has 0 saturated heterocycles. The number of benzene rings is 2. The van der Waals surface area contributed by atoms with Crippen LogP contribution in [-0.4, -0.2) is 34.0 Å². The molecule has 5 nitrogen and oxygen atoms in total. The van der Waals surface area contributed by atoms with Gasteiger partial charge >= 0.3 is 0 Å². The maximum atomic E-state index is 4.83. The van der Waals surface area contributed by atoms with Crippen molar-refractivity contribution in [1.29, 1.82) is 0 Å². The summed E-state index contributed by atoms with van der Waals surface area (Å²) in [5.41, 5.74) is 5.05. The molecule has 4 aromatic rings. The molecule has 0 spiro atoms. The lowest BCUT2D eigenvalue weighted by molar-refractivity contribution is 1.13. The topological polar surface area (TPSA) is 60.6 Å². The van der Waals surface area contributed by atoms with E-state index in [0.717, 1.165) is 44.0 Å². The molecule has 0 radical (unpaired) electrons. The van der Waals surface area contributed by atoms with Crippen molar-refractivity contribution in [3.63, 3.8) is 0 Å². The maximum Gasteiger partial charge on any atom is 0.139 e. The van der Waals surface area contributed by atoms with Gasteiger partial charge < -0.3 is 14.9 Å². The summed E-state index contributed by atoms with van der Waals surface area (Å²) in [4.78, 5) is 17.8. The lowest BCUT2D eigenvalue weighted by atomic mass is 10.1. The van der Waals surface area contributed by atoms with Crippen molar-refractivity contribution in [2.45, 2.75) is 0 Å². The summed E-state index contributed by atoms with van der Waals surface area (Å²) in [5, 5.41) is 0.